The maximum Gasteiger partial charge on any atom is 0.200 e. The molecule has 0 heterocycles. The van der Waals surface area contributed by atoms with Crippen LogP contribution in [0.2, 0.25) is 0 Å². The summed E-state index contributed by atoms with van der Waals surface area (Å²) in [5, 5.41) is 0. The molecule has 4 nitrogen and oxygen atoms in total. The Morgan fingerprint density at radius 2 is 1.65 bits per heavy atom. The lowest BCUT2D eigenvalue weighted by molar-refractivity contribution is 0.0921. The van der Waals surface area contributed by atoms with Crippen LogP contribution >= 0.6 is 0 Å². The van der Waals surface area contributed by atoms with Crippen molar-refractivity contribution in [3.63, 3.8) is 0 Å². The average Bonchev–Trinajstić information content (AvgIpc) is 2.53. The Hall–Kier alpha value is -2.49. The molecule has 0 aliphatic heterocycles. The van der Waals surface area contributed by atoms with Crippen LogP contribution in [0.5, 0.6) is 17.2 Å². The van der Waals surface area contributed by atoms with Crippen molar-refractivity contribution >= 4 is 5.78 Å². The molecular weight excluding hydrogens is 256 g/mol. The topological polar surface area (TPSA) is 44.8 Å². The predicted molar refractivity (Wildman–Crippen MR) is 75.8 cm³/mol. The maximum atomic E-state index is 11.9. The Kier molecular flexibility index (Phi) is 4.60. The molecule has 0 N–H and O–H groups in total. The van der Waals surface area contributed by atoms with Gasteiger partial charge in [0, 0.05) is 11.6 Å². The molecule has 0 amide bonds. The normalized spacial score (nSPS) is 9.90. The molecule has 0 aromatic heterocycles. The molecule has 0 saturated carbocycles. The first-order valence-corrected chi connectivity index (χ1v) is 6.17. The number of carbonyl (C=O) groups is 1. The Morgan fingerprint density at radius 1 is 0.950 bits per heavy atom. The quantitative estimate of drug-likeness (QED) is 0.758. The number of ketones is 1. The molecule has 0 aliphatic carbocycles. The van der Waals surface area contributed by atoms with E-state index in [1.165, 1.54) is 0 Å². The molecule has 2 rings (SSSR count). The van der Waals surface area contributed by atoms with Crippen molar-refractivity contribution in [1.82, 2.24) is 0 Å². The van der Waals surface area contributed by atoms with Crippen LogP contribution in [-0.4, -0.2) is 26.6 Å². The number of benzene rings is 2. The molecule has 104 valence electrons. The van der Waals surface area contributed by atoms with E-state index >= 15 is 0 Å². The molecule has 0 spiro atoms. The van der Waals surface area contributed by atoms with Gasteiger partial charge in [-0.2, -0.15) is 0 Å². The van der Waals surface area contributed by atoms with E-state index in [9.17, 15) is 4.79 Å². The van der Waals surface area contributed by atoms with Crippen molar-refractivity contribution in [3.8, 4) is 17.2 Å². The second-order valence-electron chi connectivity index (χ2n) is 4.09. The first kappa shape index (κ1) is 13.9. The Balaban J connectivity index is 2.02. The van der Waals surface area contributed by atoms with Gasteiger partial charge in [0.05, 0.1) is 14.2 Å². The summed E-state index contributed by atoms with van der Waals surface area (Å²) < 4.78 is 15.8. The van der Waals surface area contributed by atoms with Crippen molar-refractivity contribution in [2.75, 3.05) is 20.8 Å². The summed E-state index contributed by atoms with van der Waals surface area (Å²) in [6.45, 7) is -0.0144. The summed E-state index contributed by atoms with van der Waals surface area (Å²) in [4.78, 5) is 11.9. The minimum absolute atomic E-state index is 0.0144. The number of hydrogen-bond donors (Lipinski definition) is 0. The third kappa shape index (κ3) is 3.29. The van der Waals surface area contributed by atoms with Gasteiger partial charge in [0.1, 0.15) is 5.75 Å². The standard InChI is InChI=1S/C16H16O4/c1-18-15-9-8-13(10-16(15)19-2)20-11-14(17)12-6-4-3-5-7-12/h3-10H,11H2,1-2H3. The largest absolute Gasteiger partial charge is 0.493 e. The summed E-state index contributed by atoms with van der Waals surface area (Å²) in [5.41, 5.74) is 0.632. The molecule has 0 aliphatic rings. The molecule has 0 atom stereocenters. The predicted octanol–water partition coefficient (Wildman–Crippen LogP) is 2.97. The van der Waals surface area contributed by atoms with Crippen LogP contribution in [0.4, 0.5) is 0 Å². The highest BCUT2D eigenvalue weighted by Gasteiger charge is 2.08. The van der Waals surface area contributed by atoms with Crippen molar-refractivity contribution < 1.29 is 19.0 Å². The number of Topliss-reactive ketones (excluding diaryl/α,β-unsaturated/α-hetero) is 1. The van der Waals surface area contributed by atoms with E-state index in [-0.39, 0.29) is 12.4 Å². The monoisotopic (exact) mass is 272 g/mol. The van der Waals surface area contributed by atoms with E-state index in [1.807, 2.05) is 18.2 Å². The second-order valence-corrected chi connectivity index (χ2v) is 4.09. The SMILES string of the molecule is COc1ccc(OCC(=O)c2ccccc2)cc1OC. The molecule has 2 aromatic rings. The van der Waals surface area contributed by atoms with Gasteiger partial charge in [0.15, 0.2) is 23.9 Å². The van der Waals surface area contributed by atoms with Gasteiger partial charge in [-0.1, -0.05) is 30.3 Å². The lowest BCUT2D eigenvalue weighted by Crippen LogP contribution is -2.11. The van der Waals surface area contributed by atoms with Crippen molar-refractivity contribution in [3.05, 3.63) is 54.1 Å². The molecule has 20 heavy (non-hydrogen) atoms. The number of carbonyl (C=O) groups excluding carboxylic acids is 1. The Labute approximate surface area is 117 Å². The zero-order valence-electron chi connectivity index (χ0n) is 11.5. The van der Waals surface area contributed by atoms with Crippen LogP contribution < -0.4 is 14.2 Å². The first-order chi connectivity index (χ1) is 9.74. The zero-order chi connectivity index (χ0) is 14.4. The first-order valence-electron chi connectivity index (χ1n) is 6.17. The number of ether oxygens (including phenoxy) is 3. The molecule has 0 saturated heterocycles. The van der Waals surface area contributed by atoms with Gasteiger partial charge < -0.3 is 14.2 Å². The lowest BCUT2D eigenvalue weighted by Gasteiger charge is -2.10. The summed E-state index contributed by atoms with van der Waals surface area (Å²) in [6.07, 6.45) is 0. The highest BCUT2D eigenvalue weighted by Crippen LogP contribution is 2.30. The third-order valence-electron chi connectivity index (χ3n) is 2.82. The van der Waals surface area contributed by atoms with E-state index in [0.29, 0.717) is 22.8 Å². The second kappa shape index (κ2) is 6.61. The molecule has 0 bridgehead atoms. The molecule has 0 unspecified atom stereocenters. The van der Waals surface area contributed by atoms with Gasteiger partial charge in [-0.15, -0.1) is 0 Å². The minimum atomic E-state index is -0.0691. The van der Waals surface area contributed by atoms with E-state index in [0.717, 1.165) is 0 Å². The maximum absolute atomic E-state index is 11.9. The highest BCUT2D eigenvalue weighted by molar-refractivity contribution is 5.97. The molecule has 0 fully saturated rings. The molecule has 0 radical (unpaired) electrons. The summed E-state index contributed by atoms with van der Waals surface area (Å²) in [5.74, 6) is 1.68. The van der Waals surface area contributed by atoms with Gasteiger partial charge >= 0.3 is 0 Å². The zero-order valence-corrected chi connectivity index (χ0v) is 11.5. The van der Waals surface area contributed by atoms with Crippen LogP contribution in [0.1, 0.15) is 10.4 Å². The average molecular weight is 272 g/mol. The van der Waals surface area contributed by atoms with Gasteiger partial charge in [-0.3, -0.25) is 4.79 Å². The fraction of sp³-hybridized carbons (Fsp3) is 0.188. The van der Waals surface area contributed by atoms with Crippen LogP contribution in [0.15, 0.2) is 48.5 Å². The van der Waals surface area contributed by atoms with E-state index in [1.54, 1.807) is 44.6 Å². The van der Waals surface area contributed by atoms with Crippen molar-refractivity contribution in [2.24, 2.45) is 0 Å². The fourth-order valence-electron chi connectivity index (χ4n) is 1.76. The van der Waals surface area contributed by atoms with Crippen molar-refractivity contribution in [1.29, 1.82) is 0 Å². The van der Waals surface area contributed by atoms with E-state index in [4.69, 9.17) is 14.2 Å². The van der Waals surface area contributed by atoms with Crippen molar-refractivity contribution in [2.45, 2.75) is 0 Å². The van der Waals surface area contributed by atoms with Gasteiger partial charge in [-0.25, -0.2) is 0 Å². The van der Waals surface area contributed by atoms with Crippen LogP contribution in [0.3, 0.4) is 0 Å². The van der Waals surface area contributed by atoms with Gasteiger partial charge in [0.25, 0.3) is 0 Å². The van der Waals surface area contributed by atoms with E-state index < -0.39 is 0 Å². The summed E-state index contributed by atoms with van der Waals surface area (Å²) in [6, 6.07) is 14.2. The summed E-state index contributed by atoms with van der Waals surface area (Å²) >= 11 is 0. The fourth-order valence-corrected chi connectivity index (χ4v) is 1.76. The van der Waals surface area contributed by atoms with Crippen LogP contribution in [-0.2, 0) is 0 Å². The van der Waals surface area contributed by atoms with Crippen LogP contribution in [0.25, 0.3) is 0 Å². The molecular formula is C16H16O4. The summed E-state index contributed by atoms with van der Waals surface area (Å²) in [7, 11) is 3.12. The number of methoxy groups -OCH3 is 2. The Morgan fingerprint density at radius 3 is 2.30 bits per heavy atom. The Bertz CT molecular complexity index is 578. The molecule has 4 heteroatoms. The van der Waals surface area contributed by atoms with Gasteiger partial charge in [-0.05, 0) is 12.1 Å². The smallest absolute Gasteiger partial charge is 0.200 e. The number of hydrogen-bond acceptors (Lipinski definition) is 4. The third-order valence-corrected chi connectivity index (χ3v) is 2.82. The highest BCUT2D eigenvalue weighted by atomic mass is 16.5. The van der Waals surface area contributed by atoms with Gasteiger partial charge in [0.2, 0.25) is 0 Å². The lowest BCUT2D eigenvalue weighted by atomic mass is 10.1. The van der Waals surface area contributed by atoms with Crippen LogP contribution in [0, 0.1) is 0 Å². The number of rotatable bonds is 6. The minimum Gasteiger partial charge on any atom is -0.493 e. The van der Waals surface area contributed by atoms with E-state index in [2.05, 4.69) is 0 Å². The molecule has 2 aromatic carbocycles.